The van der Waals surface area contributed by atoms with Gasteiger partial charge in [0, 0.05) is 22.3 Å². The van der Waals surface area contributed by atoms with Crippen molar-refractivity contribution in [2.75, 3.05) is 5.88 Å². The summed E-state index contributed by atoms with van der Waals surface area (Å²) in [6.07, 6.45) is 3.43. The third-order valence-corrected chi connectivity index (χ3v) is 3.18. The van der Waals surface area contributed by atoms with E-state index < -0.39 is 0 Å². The summed E-state index contributed by atoms with van der Waals surface area (Å²) in [5.41, 5.74) is 1.02. The van der Waals surface area contributed by atoms with E-state index in [1.54, 1.807) is 6.20 Å². The molecule has 0 saturated carbocycles. The monoisotopic (exact) mass is 299 g/mol. The Balaban J connectivity index is 2.22. The van der Waals surface area contributed by atoms with Crippen molar-refractivity contribution < 1.29 is 4.42 Å². The molecule has 0 aliphatic heterocycles. The predicted octanol–water partition coefficient (Wildman–Crippen LogP) is 4.28. The molecule has 0 fully saturated rings. The summed E-state index contributed by atoms with van der Waals surface area (Å²) < 4.78 is 6.66. The summed E-state index contributed by atoms with van der Waals surface area (Å²) in [6.45, 7) is 0. The summed E-state index contributed by atoms with van der Waals surface area (Å²) in [5.74, 6) is 2.16. The molecule has 0 aliphatic rings. The van der Waals surface area contributed by atoms with Crippen molar-refractivity contribution in [1.82, 2.24) is 4.98 Å². The number of benzene rings is 1. The molecule has 0 spiro atoms. The zero-order valence-corrected chi connectivity index (χ0v) is 11.0. The van der Waals surface area contributed by atoms with Crippen LogP contribution in [0.1, 0.15) is 12.3 Å². The molecular formula is C12H11BrClNO. The van der Waals surface area contributed by atoms with Gasteiger partial charge in [0.15, 0.2) is 11.7 Å². The van der Waals surface area contributed by atoms with E-state index in [2.05, 4.69) is 20.9 Å². The first kappa shape index (κ1) is 11.7. The first-order chi connectivity index (χ1) is 7.81. The lowest BCUT2D eigenvalue weighted by atomic mass is 10.2. The number of rotatable bonds is 4. The summed E-state index contributed by atoms with van der Waals surface area (Å²) in [6, 6.07) is 7.92. The van der Waals surface area contributed by atoms with Crippen molar-refractivity contribution in [3.05, 3.63) is 40.8 Å². The first-order valence-corrected chi connectivity index (χ1v) is 6.39. The largest absolute Gasteiger partial charge is 0.441 e. The molecule has 1 aromatic heterocycles. The molecule has 0 saturated heterocycles. The van der Waals surface area contributed by atoms with Crippen LogP contribution in [-0.2, 0) is 6.42 Å². The molecule has 0 bridgehead atoms. The number of alkyl halides is 1. The highest BCUT2D eigenvalue weighted by atomic mass is 79.9. The number of nitrogens with zero attached hydrogens (tertiary/aromatic N) is 1. The van der Waals surface area contributed by atoms with Crippen LogP contribution in [0.2, 0.25) is 0 Å². The number of oxazole rings is 1. The molecule has 2 aromatic rings. The zero-order chi connectivity index (χ0) is 11.4. The van der Waals surface area contributed by atoms with Gasteiger partial charge in [-0.05, 0) is 12.5 Å². The fourth-order valence-electron chi connectivity index (χ4n) is 1.43. The summed E-state index contributed by atoms with van der Waals surface area (Å²) in [7, 11) is 0. The van der Waals surface area contributed by atoms with Crippen LogP contribution < -0.4 is 0 Å². The maximum absolute atomic E-state index is 5.65. The quantitative estimate of drug-likeness (QED) is 0.788. The Kier molecular flexibility index (Phi) is 4.02. The fraction of sp³-hybridized carbons (Fsp3) is 0.250. The van der Waals surface area contributed by atoms with Gasteiger partial charge >= 0.3 is 0 Å². The van der Waals surface area contributed by atoms with Crippen molar-refractivity contribution in [2.24, 2.45) is 0 Å². The van der Waals surface area contributed by atoms with Crippen LogP contribution in [0.4, 0.5) is 0 Å². The minimum absolute atomic E-state index is 0.632. The number of halogens is 2. The fourth-order valence-corrected chi connectivity index (χ4v) is 2.04. The second-order valence-electron chi connectivity index (χ2n) is 3.39. The van der Waals surface area contributed by atoms with Crippen LogP contribution in [0.3, 0.4) is 0 Å². The first-order valence-electron chi connectivity index (χ1n) is 5.07. The van der Waals surface area contributed by atoms with E-state index in [0.29, 0.717) is 5.88 Å². The van der Waals surface area contributed by atoms with Crippen LogP contribution in [0, 0.1) is 0 Å². The van der Waals surface area contributed by atoms with Gasteiger partial charge in [-0.1, -0.05) is 34.1 Å². The van der Waals surface area contributed by atoms with Crippen molar-refractivity contribution in [2.45, 2.75) is 12.8 Å². The topological polar surface area (TPSA) is 26.0 Å². The predicted molar refractivity (Wildman–Crippen MR) is 68.7 cm³/mol. The third kappa shape index (κ3) is 2.66. The van der Waals surface area contributed by atoms with E-state index in [-0.39, 0.29) is 0 Å². The Labute approximate surface area is 108 Å². The van der Waals surface area contributed by atoms with Gasteiger partial charge in [0.25, 0.3) is 0 Å². The Hall–Kier alpha value is -0.800. The highest BCUT2D eigenvalue weighted by Crippen LogP contribution is 2.28. The average Bonchev–Trinajstić information content (AvgIpc) is 2.75. The van der Waals surface area contributed by atoms with Gasteiger partial charge in [-0.3, -0.25) is 0 Å². The van der Waals surface area contributed by atoms with Crippen LogP contribution >= 0.6 is 27.5 Å². The zero-order valence-electron chi connectivity index (χ0n) is 8.62. The molecule has 1 heterocycles. The minimum atomic E-state index is 0.632. The Bertz CT molecular complexity index is 470. The Morgan fingerprint density at radius 2 is 2.12 bits per heavy atom. The average molecular weight is 301 g/mol. The highest BCUT2D eigenvalue weighted by molar-refractivity contribution is 9.10. The molecule has 0 atom stereocenters. The number of aryl methyl sites for hydroxylation is 1. The smallest absolute Gasteiger partial charge is 0.194 e. The molecule has 1 aromatic carbocycles. The molecule has 16 heavy (non-hydrogen) atoms. The molecule has 4 heteroatoms. The van der Waals surface area contributed by atoms with Crippen LogP contribution in [0.25, 0.3) is 11.3 Å². The molecule has 0 radical (unpaired) electrons. The second kappa shape index (κ2) is 5.51. The van der Waals surface area contributed by atoms with E-state index >= 15 is 0 Å². The Morgan fingerprint density at radius 3 is 2.88 bits per heavy atom. The molecule has 2 rings (SSSR count). The van der Waals surface area contributed by atoms with E-state index in [0.717, 1.165) is 34.5 Å². The van der Waals surface area contributed by atoms with Crippen LogP contribution in [0.5, 0.6) is 0 Å². The standard InChI is InChI=1S/C12H11BrClNO/c13-10-5-2-1-4-9(10)11-8-15-12(16-11)6-3-7-14/h1-2,4-5,8H,3,6-7H2. The maximum Gasteiger partial charge on any atom is 0.194 e. The van der Waals surface area contributed by atoms with Crippen molar-refractivity contribution >= 4 is 27.5 Å². The van der Waals surface area contributed by atoms with E-state index in [1.807, 2.05) is 24.3 Å². The SMILES string of the molecule is ClCCCc1ncc(-c2ccccc2Br)o1. The Morgan fingerprint density at radius 1 is 1.31 bits per heavy atom. The van der Waals surface area contributed by atoms with Crippen molar-refractivity contribution in [3.63, 3.8) is 0 Å². The summed E-state index contributed by atoms with van der Waals surface area (Å²) in [5, 5.41) is 0. The molecule has 0 N–H and O–H groups in total. The maximum atomic E-state index is 5.65. The normalized spacial score (nSPS) is 10.6. The van der Waals surface area contributed by atoms with E-state index in [9.17, 15) is 0 Å². The summed E-state index contributed by atoms with van der Waals surface area (Å²) in [4.78, 5) is 4.23. The van der Waals surface area contributed by atoms with Crippen LogP contribution in [0.15, 0.2) is 39.4 Å². The summed E-state index contributed by atoms with van der Waals surface area (Å²) >= 11 is 9.11. The number of hydrogen-bond acceptors (Lipinski definition) is 2. The van der Waals surface area contributed by atoms with Gasteiger partial charge < -0.3 is 4.42 Å². The molecule has 84 valence electrons. The van der Waals surface area contributed by atoms with E-state index in [1.165, 1.54) is 0 Å². The van der Waals surface area contributed by atoms with Gasteiger partial charge in [0.2, 0.25) is 0 Å². The molecule has 2 nitrogen and oxygen atoms in total. The molecule has 0 aliphatic carbocycles. The minimum Gasteiger partial charge on any atom is -0.441 e. The van der Waals surface area contributed by atoms with Crippen LogP contribution in [-0.4, -0.2) is 10.9 Å². The van der Waals surface area contributed by atoms with Gasteiger partial charge in [-0.25, -0.2) is 4.98 Å². The lowest BCUT2D eigenvalue weighted by molar-refractivity contribution is 0.503. The second-order valence-corrected chi connectivity index (χ2v) is 4.62. The van der Waals surface area contributed by atoms with Gasteiger partial charge in [0.1, 0.15) is 0 Å². The molecular weight excluding hydrogens is 289 g/mol. The van der Waals surface area contributed by atoms with Gasteiger partial charge in [-0.15, -0.1) is 11.6 Å². The highest BCUT2D eigenvalue weighted by Gasteiger charge is 2.08. The lowest BCUT2D eigenvalue weighted by Crippen LogP contribution is -1.84. The van der Waals surface area contributed by atoms with Crippen molar-refractivity contribution in [3.8, 4) is 11.3 Å². The number of aromatic nitrogens is 1. The van der Waals surface area contributed by atoms with Gasteiger partial charge in [-0.2, -0.15) is 0 Å². The molecule has 0 unspecified atom stereocenters. The third-order valence-electron chi connectivity index (χ3n) is 2.22. The van der Waals surface area contributed by atoms with Crippen molar-refractivity contribution in [1.29, 1.82) is 0 Å². The lowest BCUT2D eigenvalue weighted by Gasteiger charge is -1.98. The molecule has 0 amide bonds. The van der Waals surface area contributed by atoms with Gasteiger partial charge in [0.05, 0.1) is 6.20 Å². The van der Waals surface area contributed by atoms with E-state index in [4.69, 9.17) is 16.0 Å². The number of hydrogen-bond donors (Lipinski definition) is 0.